The minimum absolute atomic E-state index is 0.313. The molecule has 2 rings (SSSR count). The van der Waals surface area contributed by atoms with Gasteiger partial charge in [-0.05, 0) is 54.8 Å². The van der Waals surface area contributed by atoms with E-state index in [2.05, 4.69) is 33.2 Å². The first kappa shape index (κ1) is 9.00. The van der Waals surface area contributed by atoms with Gasteiger partial charge >= 0.3 is 0 Å². The maximum atomic E-state index is 4.44. The van der Waals surface area contributed by atoms with Gasteiger partial charge in [0.2, 0.25) is 0 Å². The molecule has 2 nitrogen and oxygen atoms in total. The van der Waals surface area contributed by atoms with Crippen LogP contribution in [0.5, 0.6) is 0 Å². The summed E-state index contributed by atoms with van der Waals surface area (Å²) in [6.07, 6.45) is 2.51. The molecule has 0 unspecified atom stereocenters. The van der Waals surface area contributed by atoms with Gasteiger partial charge in [-0.2, -0.15) is 0 Å². The zero-order valence-electron chi connectivity index (χ0n) is 7.89. The number of hydrogen-bond donors (Lipinski definition) is 1. The van der Waals surface area contributed by atoms with Gasteiger partial charge < -0.3 is 5.32 Å². The van der Waals surface area contributed by atoms with Gasteiger partial charge in [-0.3, -0.25) is 0 Å². The van der Waals surface area contributed by atoms with Crippen molar-refractivity contribution in [1.82, 2.24) is 4.98 Å². The molecule has 1 N–H and O–H groups in total. The summed E-state index contributed by atoms with van der Waals surface area (Å²) >= 11 is 3.43. The molecule has 0 saturated heterocycles. The number of rotatable bonds is 2. The standard InChI is InChI=1S/C10H13BrN2/c1-7-8(11)3-4-9(12-7)13-10(2)5-6-10/h3-4H,5-6H2,1-2H3,(H,12,13). The van der Waals surface area contributed by atoms with Gasteiger partial charge in [-0.25, -0.2) is 4.98 Å². The molecule has 13 heavy (non-hydrogen) atoms. The lowest BCUT2D eigenvalue weighted by atomic mass is 10.3. The maximum absolute atomic E-state index is 4.44. The molecule has 1 fully saturated rings. The van der Waals surface area contributed by atoms with Crippen molar-refractivity contribution >= 4 is 21.7 Å². The molecule has 1 heterocycles. The van der Waals surface area contributed by atoms with E-state index in [4.69, 9.17) is 0 Å². The Bertz CT molecular complexity index is 332. The van der Waals surface area contributed by atoms with Crippen LogP contribution in [0.4, 0.5) is 5.82 Å². The summed E-state index contributed by atoms with van der Waals surface area (Å²) in [5.74, 6) is 0.987. The summed E-state index contributed by atoms with van der Waals surface area (Å²) in [5, 5.41) is 3.43. The van der Waals surface area contributed by atoms with Gasteiger partial charge in [0.05, 0.1) is 5.69 Å². The van der Waals surface area contributed by atoms with Crippen molar-refractivity contribution in [3.63, 3.8) is 0 Å². The smallest absolute Gasteiger partial charge is 0.126 e. The van der Waals surface area contributed by atoms with Crippen LogP contribution in [0.1, 0.15) is 25.5 Å². The highest BCUT2D eigenvalue weighted by atomic mass is 79.9. The van der Waals surface area contributed by atoms with Crippen LogP contribution in [0.2, 0.25) is 0 Å². The highest BCUT2D eigenvalue weighted by Gasteiger charge is 2.37. The van der Waals surface area contributed by atoms with Crippen LogP contribution >= 0.6 is 15.9 Å². The molecule has 0 bridgehead atoms. The number of halogens is 1. The van der Waals surface area contributed by atoms with Crippen molar-refractivity contribution in [2.75, 3.05) is 5.32 Å². The summed E-state index contributed by atoms with van der Waals surface area (Å²) in [6.45, 7) is 4.23. The Balaban J connectivity index is 2.17. The summed E-state index contributed by atoms with van der Waals surface area (Å²) in [7, 11) is 0. The summed E-state index contributed by atoms with van der Waals surface area (Å²) in [6, 6.07) is 4.05. The van der Waals surface area contributed by atoms with Crippen molar-refractivity contribution in [3.05, 3.63) is 22.3 Å². The number of hydrogen-bond acceptors (Lipinski definition) is 2. The van der Waals surface area contributed by atoms with Crippen molar-refractivity contribution in [3.8, 4) is 0 Å². The number of aromatic nitrogens is 1. The lowest BCUT2D eigenvalue weighted by molar-refractivity contribution is 0.819. The third-order valence-electron chi connectivity index (χ3n) is 2.45. The molecular formula is C10H13BrN2. The molecule has 1 aliphatic rings. The van der Waals surface area contributed by atoms with Gasteiger partial charge in [-0.1, -0.05) is 0 Å². The van der Waals surface area contributed by atoms with Crippen LogP contribution in [-0.4, -0.2) is 10.5 Å². The molecule has 0 aliphatic heterocycles. The Morgan fingerprint density at radius 2 is 2.15 bits per heavy atom. The lowest BCUT2D eigenvalue weighted by Gasteiger charge is -2.12. The van der Waals surface area contributed by atoms with E-state index in [9.17, 15) is 0 Å². The van der Waals surface area contributed by atoms with Gasteiger partial charge in [0.25, 0.3) is 0 Å². The predicted molar refractivity (Wildman–Crippen MR) is 57.9 cm³/mol. The molecule has 0 atom stereocenters. The number of nitrogens with one attached hydrogen (secondary N) is 1. The highest BCUT2D eigenvalue weighted by molar-refractivity contribution is 9.10. The molecule has 1 aliphatic carbocycles. The van der Waals surface area contributed by atoms with Crippen molar-refractivity contribution in [2.45, 2.75) is 32.2 Å². The SMILES string of the molecule is Cc1nc(NC2(C)CC2)ccc1Br. The third-order valence-corrected chi connectivity index (χ3v) is 3.29. The zero-order valence-corrected chi connectivity index (χ0v) is 9.48. The minimum atomic E-state index is 0.313. The number of pyridine rings is 1. The number of aryl methyl sites for hydroxylation is 1. The topological polar surface area (TPSA) is 24.9 Å². The molecule has 1 aromatic heterocycles. The van der Waals surface area contributed by atoms with Crippen molar-refractivity contribution < 1.29 is 0 Å². The summed E-state index contributed by atoms with van der Waals surface area (Å²) in [5.41, 5.74) is 1.35. The largest absolute Gasteiger partial charge is 0.365 e. The first-order valence-electron chi connectivity index (χ1n) is 4.50. The minimum Gasteiger partial charge on any atom is -0.365 e. The second-order valence-electron chi connectivity index (χ2n) is 3.95. The maximum Gasteiger partial charge on any atom is 0.126 e. The first-order chi connectivity index (χ1) is 6.09. The second kappa shape index (κ2) is 2.98. The fraction of sp³-hybridized carbons (Fsp3) is 0.500. The molecule has 1 saturated carbocycles. The second-order valence-corrected chi connectivity index (χ2v) is 4.80. The van der Waals surface area contributed by atoms with E-state index < -0.39 is 0 Å². The quantitative estimate of drug-likeness (QED) is 0.860. The summed E-state index contributed by atoms with van der Waals surface area (Å²) in [4.78, 5) is 4.44. The van der Waals surface area contributed by atoms with Gasteiger partial charge in [0.1, 0.15) is 5.82 Å². The number of anilines is 1. The van der Waals surface area contributed by atoms with Gasteiger partial charge in [0.15, 0.2) is 0 Å². The summed E-state index contributed by atoms with van der Waals surface area (Å²) < 4.78 is 1.07. The van der Waals surface area contributed by atoms with Gasteiger partial charge in [-0.15, -0.1) is 0 Å². The molecule has 1 aromatic rings. The van der Waals surface area contributed by atoms with Crippen LogP contribution in [0.3, 0.4) is 0 Å². The van der Waals surface area contributed by atoms with Gasteiger partial charge in [0, 0.05) is 10.0 Å². The van der Waals surface area contributed by atoms with Crippen molar-refractivity contribution in [2.24, 2.45) is 0 Å². The molecular weight excluding hydrogens is 228 g/mol. The highest BCUT2D eigenvalue weighted by Crippen LogP contribution is 2.37. The van der Waals surface area contributed by atoms with E-state index in [1.165, 1.54) is 12.8 Å². The first-order valence-corrected chi connectivity index (χ1v) is 5.30. The Kier molecular flexibility index (Phi) is 2.06. The van der Waals surface area contributed by atoms with E-state index in [-0.39, 0.29) is 0 Å². The molecule has 3 heteroatoms. The van der Waals surface area contributed by atoms with Crippen LogP contribution in [-0.2, 0) is 0 Å². The lowest BCUT2D eigenvalue weighted by Crippen LogP contribution is -2.16. The predicted octanol–water partition coefficient (Wildman–Crippen LogP) is 3.12. The van der Waals surface area contributed by atoms with Crippen LogP contribution < -0.4 is 5.32 Å². The van der Waals surface area contributed by atoms with E-state index in [1.54, 1.807) is 0 Å². The third kappa shape index (κ3) is 2.02. The average molecular weight is 241 g/mol. The average Bonchev–Trinajstić information content (AvgIpc) is 2.76. The molecule has 0 radical (unpaired) electrons. The fourth-order valence-corrected chi connectivity index (χ4v) is 1.46. The Hall–Kier alpha value is -0.570. The number of nitrogens with zero attached hydrogens (tertiary/aromatic N) is 1. The zero-order chi connectivity index (χ0) is 9.47. The van der Waals surface area contributed by atoms with Crippen molar-refractivity contribution in [1.29, 1.82) is 0 Å². The molecule has 0 amide bonds. The molecule has 0 aromatic carbocycles. The Morgan fingerprint density at radius 1 is 1.46 bits per heavy atom. The van der Waals surface area contributed by atoms with Crippen LogP contribution in [0.25, 0.3) is 0 Å². The van der Waals surface area contributed by atoms with Crippen LogP contribution in [0.15, 0.2) is 16.6 Å². The van der Waals surface area contributed by atoms with E-state index in [0.717, 1.165) is 16.0 Å². The normalized spacial score (nSPS) is 18.4. The Labute approximate surface area is 86.9 Å². The van der Waals surface area contributed by atoms with E-state index in [1.807, 2.05) is 19.1 Å². The Morgan fingerprint density at radius 3 is 2.69 bits per heavy atom. The molecule has 0 spiro atoms. The fourth-order valence-electron chi connectivity index (χ4n) is 1.24. The monoisotopic (exact) mass is 240 g/mol. The molecule has 70 valence electrons. The van der Waals surface area contributed by atoms with E-state index in [0.29, 0.717) is 5.54 Å². The van der Waals surface area contributed by atoms with Crippen LogP contribution in [0, 0.1) is 6.92 Å². The van der Waals surface area contributed by atoms with E-state index >= 15 is 0 Å².